The Labute approximate surface area is 204 Å². The number of nitrogens with two attached hydrogens (primary N) is 1. The van der Waals surface area contributed by atoms with Crippen molar-refractivity contribution in [3.8, 4) is 22.6 Å². The van der Waals surface area contributed by atoms with Crippen molar-refractivity contribution in [2.24, 2.45) is 7.05 Å². The number of rotatable bonds is 5. The lowest BCUT2D eigenvalue weighted by Crippen LogP contribution is -2.42. The molecular weight excluding hydrogens is 468 g/mol. The Bertz CT molecular complexity index is 1560. The summed E-state index contributed by atoms with van der Waals surface area (Å²) in [6.07, 6.45) is 6.38. The molecular formula is C23H21ClN10O. The first-order chi connectivity index (χ1) is 16.7. The number of hydrogen-bond acceptors (Lipinski definition) is 8. The fraction of sp³-hybridized carbons (Fsp3) is 0.174. The molecule has 0 bridgehead atoms. The SMILES string of the molecule is Cn1ccc(-c2nc(N)c(C(=O)NC(C)(C)c3ccncn3)nc2-c2cc(Cl)c3nc[nH]c3c2)n1. The monoisotopic (exact) mass is 488 g/mol. The van der Waals surface area contributed by atoms with Crippen LogP contribution in [0.4, 0.5) is 5.82 Å². The maximum atomic E-state index is 13.3. The molecule has 0 aliphatic carbocycles. The molecule has 0 atom stereocenters. The van der Waals surface area contributed by atoms with Gasteiger partial charge in [-0.2, -0.15) is 5.10 Å². The second kappa shape index (κ2) is 8.44. The Balaban J connectivity index is 1.64. The molecule has 5 rings (SSSR count). The highest BCUT2D eigenvalue weighted by Crippen LogP contribution is 2.34. The highest BCUT2D eigenvalue weighted by atomic mass is 35.5. The number of aryl methyl sites for hydroxylation is 1. The summed E-state index contributed by atoms with van der Waals surface area (Å²) in [5, 5.41) is 7.81. The number of anilines is 1. The highest BCUT2D eigenvalue weighted by Gasteiger charge is 2.28. The predicted octanol–water partition coefficient (Wildman–Crippen LogP) is 3.11. The van der Waals surface area contributed by atoms with Gasteiger partial charge in [-0.25, -0.2) is 24.9 Å². The smallest absolute Gasteiger partial charge is 0.274 e. The molecule has 1 amide bonds. The number of aromatic amines is 1. The number of amides is 1. The van der Waals surface area contributed by atoms with E-state index >= 15 is 0 Å². The van der Waals surface area contributed by atoms with Crippen LogP contribution in [-0.4, -0.2) is 45.6 Å². The van der Waals surface area contributed by atoms with Gasteiger partial charge in [0.15, 0.2) is 11.5 Å². The number of benzene rings is 1. The van der Waals surface area contributed by atoms with Crippen molar-refractivity contribution >= 4 is 34.4 Å². The van der Waals surface area contributed by atoms with Crippen LogP contribution in [0.1, 0.15) is 30.0 Å². The number of H-pyrrole nitrogens is 1. The zero-order valence-corrected chi connectivity index (χ0v) is 19.9. The second-order valence-corrected chi connectivity index (χ2v) is 8.87. The van der Waals surface area contributed by atoms with Gasteiger partial charge in [0.05, 0.1) is 33.8 Å². The standard InChI is InChI=1S/C23H21ClN10O/c1-23(2,16-4-6-26-10-28-16)32-22(35)20-21(25)31-19(14-5-7-34(3)33-14)17(30-20)12-8-13(24)18-15(9-12)27-11-29-18/h4-11H,1-3H3,(H2,25,31)(H,27,29)(H,32,35). The number of nitrogens with one attached hydrogen (secondary N) is 2. The quantitative estimate of drug-likeness (QED) is 0.341. The van der Waals surface area contributed by atoms with Crippen molar-refractivity contribution in [1.82, 2.24) is 45.0 Å². The minimum absolute atomic E-state index is 0.0253. The molecule has 0 saturated heterocycles. The Kier molecular flexibility index (Phi) is 5.40. The van der Waals surface area contributed by atoms with Crippen LogP contribution in [0.2, 0.25) is 5.02 Å². The number of nitrogen functional groups attached to an aromatic ring is 1. The van der Waals surface area contributed by atoms with Crippen LogP contribution in [0, 0.1) is 0 Å². The molecule has 0 radical (unpaired) electrons. The van der Waals surface area contributed by atoms with E-state index in [0.29, 0.717) is 44.4 Å². The van der Waals surface area contributed by atoms with Crippen LogP contribution >= 0.6 is 11.6 Å². The first kappa shape index (κ1) is 22.4. The van der Waals surface area contributed by atoms with Crippen molar-refractivity contribution in [2.45, 2.75) is 19.4 Å². The van der Waals surface area contributed by atoms with Crippen molar-refractivity contribution in [3.63, 3.8) is 0 Å². The molecule has 4 N–H and O–H groups in total. The van der Waals surface area contributed by atoms with Gasteiger partial charge in [-0.3, -0.25) is 9.48 Å². The topological polar surface area (TPSA) is 153 Å². The number of halogens is 1. The molecule has 0 aliphatic heterocycles. The molecule has 1 aromatic carbocycles. The maximum Gasteiger partial charge on any atom is 0.274 e. The normalized spacial score (nSPS) is 11.7. The van der Waals surface area contributed by atoms with Crippen LogP contribution in [0.25, 0.3) is 33.7 Å². The summed E-state index contributed by atoms with van der Waals surface area (Å²) in [7, 11) is 1.80. The molecule has 12 heteroatoms. The first-order valence-electron chi connectivity index (χ1n) is 10.6. The van der Waals surface area contributed by atoms with E-state index in [-0.39, 0.29) is 11.5 Å². The fourth-order valence-corrected chi connectivity index (χ4v) is 4.02. The average Bonchev–Trinajstić information content (AvgIpc) is 3.48. The minimum Gasteiger partial charge on any atom is -0.382 e. The summed E-state index contributed by atoms with van der Waals surface area (Å²) in [6, 6.07) is 7.09. The minimum atomic E-state index is -0.813. The van der Waals surface area contributed by atoms with Crippen molar-refractivity contribution in [2.75, 3.05) is 5.73 Å². The molecule has 4 aromatic heterocycles. The Morgan fingerprint density at radius 3 is 2.71 bits per heavy atom. The van der Waals surface area contributed by atoms with Gasteiger partial charge in [0.2, 0.25) is 0 Å². The molecule has 0 aliphatic rings. The number of carbonyl (C=O) groups excluding carboxylic acids is 1. The lowest BCUT2D eigenvalue weighted by Gasteiger charge is -2.25. The van der Waals surface area contributed by atoms with Crippen molar-refractivity contribution in [1.29, 1.82) is 0 Å². The van der Waals surface area contributed by atoms with Gasteiger partial charge in [-0.15, -0.1) is 0 Å². The zero-order chi connectivity index (χ0) is 24.7. The molecule has 4 heterocycles. The summed E-state index contributed by atoms with van der Waals surface area (Å²) < 4.78 is 1.65. The summed E-state index contributed by atoms with van der Waals surface area (Å²) in [5.41, 5.74) is 9.38. The van der Waals surface area contributed by atoms with Gasteiger partial charge >= 0.3 is 0 Å². The van der Waals surface area contributed by atoms with Gasteiger partial charge < -0.3 is 16.0 Å². The maximum absolute atomic E-state index is 13.3. The molecule has 5 aromatic rings. The van der Waals surface area contributed by atoms with E-state index in [1.54, 1.807) is 48.6 Å². The van der Waals surface area contributed by atoms with Crippen LogP contribution < -0.4 is 11.1 Å². The summed E-state index contributed by atoms with van der Waals surface area (Å²) in [6.45, 7) is 3.65. The van der Waals surface area contributed by atoms with Crippen LogP contribution in [0.5, 0.6) is 0 Å². The predicted molar refractivity (Wildman–Crippen MR) is 131 cm³/mol. The van der Waals surface area contributed by atoms with E-state index in [4.69, 9.17) is 17.3 Å². The van der Waals surface area contributed by atoms with Crippen LogP contribution in [0.3, 0.4) is 0 Å². The summed E-state index contributed by atoms with van der Waals surface area (Å²) >= 11 is 6.48. The Morgan fingerprint density at radius 1 is 1.17 bits per heavy atom. The molecule has 11 nitrogen and oxygen atoms in total. The van der Waals surface area contributed by atoms with Gasteiger partial charge in [0.1, 0.15) is 23.2 Å². The number of aromatic nitrogens is 8. The Hall–Kier alpha value is -4.38. The first-order valence-corrected chi connectivity index (χ1v) is 11.0. The molecule has 0 saturated carbocycles. The van der Waals surface area contributed by atoms with E-state index < -0.39 is 11.4 Å². The van der Waals surface area contributed by atoms with Crippen molar-refractivity contribution < 1.29 is 4.79 Å². The van der Waals surface area contributed by atoms with E-state index in [0.717, 1.165) is 0 Å². The van der Waals surface area contributed by atoms with Gasteiger partial charge in [-0.1, -0.05) is 11.6 Å². The third kappa shape index (κ3) is 4.17. The zero-order valence-electron chi connectivity index (χ0n) is 19.1. The van der Waals surface area contributed by atoms with Gasteiger partial charge in [0.25, 0.3) is 5.91 Å². The van der Waals surface area contributed by atoms with Crippen LogP contribution in [0.15, 0.2) is 49.3 Å². The highest BCUT2D eigenvalue weighted by molar-refractivity contribution is 6.35. The largest absolute Gasteiger partial charge is 0.382 e. The molecule has 0 spiro atoms. The Morgan fingerprint density at radius 2 is 2.00 bits per heavy atom. The average molecular weight is 489 g/mol. The fourth-order valence-electron chi connectivity index (χ4n) is 3.75. The second-order valence-electron chi connectivity index (χ2n) is 8.46. The molecule has 0 fully saturated rings. The number of fused-ring (bicyclic) bond motifs is 1. The van der Waals surface area contributed by atoms with Gasteiger partial charge in [0, 0.05) is 25.0 Å². The number of nitrogens with zero attached hydrogens (tertiary/aromatic N) is 7. The molecule has 35 heavy (non-hydrogen) atoms. The lowest BCUT2D eigenvalue weighted by molar-refractivity contribution is 0.0906. The van der Waals surface area contributed by atoms with E-state index in [1.807, 2.05) is 19.9 Å². The van der Waals surface area contributed by atoms with E-state index in [1.165, 1.54) is 6.33 Å². The lowest BCUT2D eigenvalue weighted by atomic mass is 10.00. The van der Waals surface area contributed by atoms with Gasteiger partial charge in [-0.05, 0) is 38.1 Å². The van der Waals surface area contributed by atoms with E-state index in [2.05, 4.69) is 40.3 Å². The number of carbonyl (C=O) groups is 1. The molecule has 176 valence electrons. The molecule has 0 unspecified atom stereocenters. The third-order valence-corrected chi connectivity index (χ3v) is 5.78. The van der Waals surface area contributed by atoms with Crippen LogP contribution in [-0.2, 0) is 12.6 Å². The summed E-state index contributed by atoms with van der Waals surface area (Å²) in [4.78, 5) is 38.0. The number of hydrogen-bond donors (Lipinski definition) is 3. The van der Waals surface area contributed by atoms with Crippen molar-refractivity contribution in [3.05, 3.63) is 65.7 Å². The number of imidazole rings is 1. The summed E-state index contributed by atoms with van der Waals surface area (Å²) in [5.74, 6) is -0.528. The third-order valence-electron chi connectivity index (χ3n) is 5.49. The van der Waals surface area contributed by atoms with E-state index in [9.17, 15) is 4.79 Å².